The summed E-state index contributed by atoms with van der Waals surface area (Å²) in [4.78, 5) is 8.75. The molecule has 0 saturated carbocycles. The van der Waals surface area contributed by atoms with E-state index in [1.807, 2.05) is 74.5 Å². The van der Waals surface area contributed by atoms with E-state index in [4.69, 9.17) is 11.5 Å². The summed E-state index contributed by atoms with van der Waals surface area (Å²) in [7, 11) is 0. The average Bonchev–Trinajstić information content (AvgIpc) is 2.61. The third-order valence-corrected chi connectivity index (χ3v) is 3.53. The molecule has 0 fully saturated rings. The van der Waals surface area contributed by atoms with Crippen molar-refractivity contribution in [1.29, 1.82) is 0 Å². The Hall–Kier alpha value is -3.02. The average molecular weight is 350 g/mol. The molecular formula is C20H26N6. The SMILES string of the molecule is CC(CC(N)=Nc1ccccc1)N=NC(C)CC(N)=Nc1ccccc1. The highest BCUT2D eigenvalue weighted by Gasteiger charge is 2.06. The zero-order valence-electron chi connectivity index (χ0n) is 15.3. The van der Waals surface area contributed by atoms with Crippen molar-refractivity contribution in [3.05, 3.63) is 60.7 Å². The Morgan fingerprint density at radius 1 is 0.692 bits per heavy atom. The number of aliphatic imine (C=N–C) groups is 2. The van der Waals surface area contributed by atoms with Gasteiger partial charge in [-0.2, -0.15) is 10.2 Å². The monoisotopic (exact) mass is 350 g/mol. The summed E-state index contributed by atoms with van der Waals surface area (Å²) in [6.07, 6.45) is 1.11. The number of nitrogens with two attached hydrogens (primary N) is 2. The van der Waals surface area contributed by atoms with E-state index in [-0.39, 0.29) is 12.1 Å². The summed E-state index contributed by atoms with van der Waals surface area (Å²) in [6, 6.07) is 19.2. The zero-order chi connectivity index (χ0) is 18.8. The van der Waals surface area contributed by atoms with E-state index in [0.717, 1.165) is 11.4 Å². The maximum Gasteiger partial charge on any atom is 0.102 e. The molecule has 0 aliphatic heterocycles. The molecule has 2 aromatic rings. The van der Waals surface area contributed by atoms with E-state index < -0.39 is 0 Å². The maximum atomic E-state index is 5.99. The summed E-state index contributed by atoms with van der Waals surface area (Å²) in [6.45, 7) is 3.93. The van der Waals surface area contributed by atoms with E-state index in [1.165, 1.54) is 0 Å². The van der Waals surface area contributed by atoms with Gasteiger partial charge in [-0.1, -0.05) is 36.4 Å². The van der Waals surface area contributed by atoms with Gasteiger partial charge in [-0.05, 0) is 38.1 Å². The van der Waals surface area contributed by atoms with Crippen LogP contribution in [0.3, 0.4) is 0 Å². The standard InChI is InChI=1S/C20H26N6/c1-15(13-19(21)23-17-9-5-3-6-10-17)25-26-16(2)14-20(22)24-18-11-7-4-8-12-18/h3-12,15-16H,13-14H2,1-2H3,(H2,21,23)(H2,22,24). The zero-order valence-corrected chi connectivity index (χ0v) is 15.3. The topological polar surface area (TPSA) is 101 Å². The Morgan fingerprint density at radius 3 is 1.38 bits per heavy atom. The fourth-order valence-electron chi connectivity index (χ4n) is 2.34. The van der Waals surface area contributed by atoms with Crippen LogP contribution in [0, 0.1) is 0 Å². The molecule has 2 atom stereocenters. The highest BCUT2D eigenvalue weighted by molar-refractivity contribution is 5.84. The molecule has 4 N–H and O–H groups in total. The maximum absolute atomic E-state index is 5.99. The summed E-state index contributed by atoms with van der Waals surface area (Å²) in [5, 5.41) is 8.64. The first kappa shape index (κ1) is 19.3. The van der Waals surface area contributed by atoms with Crippen molar-refractivity contribution >= 4 is 23.0 Å². The van der Waals surface area contributed by atoms with Crippen LogP contribution in [0.4, 0.5) is 11.4 Å². The molecule has 2 rings (SSSR count). The molecule has 6 heteroatoms. The molecule has 6 nitrogen and oxygen atoms in total. The predicted molar refractivity (Wildman–Crippen MR) is 108 cm³/mol. The van der Waals surface area contributed by atoms with Crippen molar-refractivity contribution < 1.29 is 0 Å². The van der Waals surface area contributed by atoms with Crippen molar-refractivity contribution in [1.82, 2.24) is 0 Å². The molecule has 26 heavy (non-hydrogen) atoms. The number of hydrogen-bond donors (Lipinski definition) is 2. The van der Waals surface area contributed by atoms with Gasteiger partial charge >= 0.3 is 0 Å². The fraction of sp³-hybridized carbons (Fsp3) is 0.300. The molecular weight excluding hydrogens is 324 g/mol. The lowest BCUT2D eigenvalue weighted by Gasteiger charge is -2.08. The molecule has 2 aromatic carbocycles. The Morgan fingerprint density at radius 2 is 1.04 bits per heavy atom. The third-order valence-electron chi connectivity index (χ3n) is 3.53. The summed E-state index contributed by atoms with van der Waals surface area (Å²) >= 11 is 0. The molecule has 0 spiro atoms. The molecule has 0 bridgehead atoms. The molecule has 0 saturated heterocycles. The summed E-state index contributed by atoms with van der Waals surface area (Å²) in [5.74, 6) is 1.08. The Bertz CT molecular complexity index is 687. The number of hydrogen-bond acceptors (Lipinski definition) is 4. The lowest BCUT2D eigenvalue weighted by molar-refractivity contribution is 0.638. The third kappa shape index (κ3) is 7.25. The van der Waals surface area contributed by atoms with E-state index in [0.29, 0.717) is 24.5 Å². The number of para-hydroxylation sites is 2. The molecule has 0 aromatic heterocycles. The van der Waals surface area contributed by atoms with Crippen molar-refractivity contribution in [3.8, 4) is 0 Å². The Balaban J connectivity index is 1.84. The smallest absolute Gasteiger partial charge is 0.102 e. The molecule has 0 heterocycles. The van der Waals surface area contributed by atoms with Gasteiger partial charge in [0.15, 0.2) is 0 Å². The number of amidine groups is 2. The van der Waals surface area contributed by atoms with Gasteiger partial charge in [0.25, 0.3) is 0 Å². The van der Waals surface area contributed by atoms with Crippen LogP contribution < -0.4 is 11.5 Å². The van der Waals surface area contributed by atoms with Crippen LogP contribution in [0.1, 0.15) is 26.7 Å². The van der Waals surface area contributed by atoms with Crippen molar-refractivity contribution in [3.63, 3.8) is 0 Å². The van der Waals surface area contributed by atoms with E-state index in [1.54, 1.807) is 0 Å². The first-order chi connectivity index (χ1) is 12.5. The van der Waals surface area contributed by atoms with E-state index in [9.17, 15) is 0 Å². The number of rotatable bonds is 8. The second-order valence-electron chi connectivity index (χ2n) is 6.21. The minimum Gasteiger partial charge on any atom is -0.387 e. The lowest BCUT2D eigenvalue weighted by atomic mass is 10.2. The van der Waals surface area contributed by atoms with Crippen LogP contribution >= 0.6 is 0 Å². The number of nitrogens with zero attached hydrogens (tertiary/aromatic N) is 4. The van der Waals surface area contributed by atoms with Crippen molar-refractivity contribution in [2.24, 2.45) is 31.7 Å². The molecule has 2 unspecified atom stereocenters. The molecule has 0 amide bonds. The lowest BCUT2D eigenvalue weighted by Crippen LogP contribution is -2.19. The van der Waals surface area contributed by atoms with Gasteiger partial charge in [0.05, 0.1) is 23.5 Å². The van der Waals surface area contributed by atoms with Crippen molar-refractivity contribution in [2.45, 2.75) is 38.8 Å². The minimum absolute atomic E-state index is 0.0443. The Labute approximate surface area is 154 Å². The first-order valence-electron chi connectivity index (χ1n) is 8.69. The highest BCUT2D eigenvalue weighted by atomic mass is 15.1. The van der Waals surface area contributed by atoms with Crippen molar-refractivity contribution in [2.75, 3.05) is 0 Å². The second-order valence-corrected chi connectivity index (χ2v) is 6.21. The van der Waals surface area contributed by atoms with Gasteiger partial charge in [0.2, 0.25) is 0 Å². The largest absolute Gasteiger partial charge is 0.387 e. The van der Waals surface area contributed by atoms with Gasteiger partial charge < -0.3 is 11.5 Å². The van der Waals surface area contributed by atoms with Crippen LogP contribution in [0.5, 0.6) is 0 Å². The van der Waals surface area contributed by atoms with Crippen LogP contribution in [-0.4, -0.2) is 23.8 Å². The Kier molecular flexibility index (Phi) is 7.49. The minimum atomic E-state index is -0.0443. The first-order valence-corrected chi connectivity index (χ1v) is 8.69. The normalized spacial score (nSPS) is 15.2. The second kappa shape index (κ2) is 10.1. The quantitative estimate of drug-likeness (QED) is 0.419. The van der Waals surface area contributed by atoms with Crippen LogP contribution in [-0.2, 0) is 0 Å². The molecule has 0 aliphatic rings. The van der Waals surface area contributed by atoms with Gasteiger partial charge in [-0.15, -0.1) is 0 Å². The number of benzene rings is 2. The van der Waals surface area contributed by atoms with E-state index in [2.05, 4.69) is 20.2 Å². The van der Waals surface area contributed by atoms with Gasteiger partial charge in [0.1, 0.15) is 11.7 Å². The predicted octanol–water partition coefficient (Wildman–Crippen LogP) is 4.37. The highest BCUT2D eigenvalue weighted by Crippen LogP contribution is 2.12. The molecule has 0 radical (unpaired) electrons. The van der Waals surface area contributed by atoms with Gasteiger partial charge in [0, 0.05) is 12.8 Å². The van der Waals surface area contributed by atoms with Crippen LogP contribution in [0.2, 0.25) is 0 Å². The van der Waals surface area contributed by atoms with Crippen LogP contribution in [0.25, 0.3) is 0 Å². The summed E-state index contributed by atoms with van der Waals surface area (Å²) in [5.41, 5.74) is 13.7. The number of azo groups is 1. The summed E-state index contributed by atoms with van der Waals surface area (Å²) < 4.78 is 0. The molecule has 0 aliphatic carbocycles. The van der Waals surface area contributed by atoms with Gasteiger partial charge in [-0.3, -0.25) is 0 Å². The van der Waals surface area contributed by atoms with E-state index >= 15 is 0 Å². The fourth-order valence-corrected chi connectivity index (χ4v) is 2.34. The molecule has 136 valence electrons. The van der Waals surface area contributed by atoms with Crippen LogP contribution in [0.15, 0.2) is 80.9 Å². The van der Waals surface area contributed by atoms with Gasteiger partial charge in [-0.25, -0.2) is 9.98 Å².